The number of carbonyl (C=O) groups is 1. The minimum atomic E-state index is -4.51. The lowest BCUT2D eigenvalue weighted by molar-refractivity contribution is -0.142. The van der Waals surface area contributed by atoms with Gasteiger partial charge in [-0.3, -0.25) is 4.79 Å². The van der Waals surface area contributed by atoms with Gasteiger partial charge >= 0.3 is 12.1 Å². The lowest BCUT2D eigenvalue weighted by Crippen LogP contribution is -2.51. The molecule has 1 saturated heterocycles. The van der Waals surface area contributed by atoms with Crippen LogP contribution in [-0.4, -0.2) is 29.1 Å². The molecule has 0 atom stereocenters. The summed E-state index contributed by atoms with van der Waals surface area (Å²) in [4.78, 5) is 15.7. The van der Waals surface area contributed by atoms with Gasteiger partial charge in [0.15, 0.2) is 0 Å². The molecule has 0 aliphatic carbocycles. The quantitative estimate of drug-likeness (QED) is 0.907. The van der Waals surface area contributed by atoms with Gasteiger partial charge in [-0.15, -0.1) is 0 Å². The molecule has 18 heavy (non-hydrogen) atoms. The fraction of sp³-hybridized carbons (Fsp3) is 0.400. The highest BCUT2D eigenvalue weighted by Crippen LogP contribution is 2.38. The van der Waals surface area contributed by atoms with Crippen LogP contribution < -0.4 is 4.90 Å². The number of hydrogen-bond acceptors (Lipinski definition) is 3. The van der Waals surface area contributed by atoms with E-state index in [0.717, 1.165) is 6.07 Å². The summed E-state index contributed by atoms with van der Waals surface area (Å²) in [6.45, 7) is 0.0973. The largest absolute Gasteiger partial charge is 0.481 e. The smallest absolute Gasteiger partial charge is 0.419 e. The SMILES string of the molecule is O=C(O)C1CN(c2ncc(Br)cc2C(F)(F)F)C1. The summed E-state index contributed by atoms with van der Waals surface area (Å²) in [5.41, 5.74) is -0.860. The summed E-state index contributed by atoms with van der Waals surface area (Å²) in [5, 5.41) is 8.69. The number of carboxylic acid groups (broad SMARTS) is 1. The molecule has 0 unspecified atom stereocenters. The second-order valence-electron chi connectivity index (χ2n) is 3.96. The van der Waals surface area contributed by atoms with Crippen molar-refractivity contribution in [2.45, 2.75) is 6.18 Å². The lowest BCUT2D eigenvalue weighted by atomic mass is 10.00. The Morgan fingerprint density at radius 3 is 2.61 bits per heavy atom. The maximum Gasteiger partial charge on any atom is 0.419 e. The molecule has 1 aromatic heterocycles. The zero-order valence-electron chi connectivity index (χ0n) is 8.91. The van der Waals surface area contributed by atoms with Crippen molar-refractivity contribution in [2.24, 2.45) is 5.92 Å². The van der Waals surface area contributed by atoms with E-state index in [0.29, 0.717) is 0 Å². The molecule has 0 aromatic carbocycles. The first-order valence-corrected chi connectivity index (χ1v) is 5.79. The van der Waals surface area contributed by atoms with Gasteiger partial charge in [-0.25, -0.2) is 4.98 Å². The highest BCUT2D eigenvalue weighted by Gasteiger charge is 2.40. The molecule has 98 valence electrons. The van der Waals surface area contributed by atoms with E-state index in [9.17, 15) is 18.0 Å². The second kappa shape index (κ2) is 4.42. The van der Waals surface area contributed by atoms with Crippen LogP contribution >= 0.6 is 15.9 Å². The van der Waals surface area contributed by atoms with Gasteiger partial charge < -0.3 is 10.0 Å². The van der Waals surface area contributed by atoms with Crippen LogP contribution in [0.4, 0.5) is 19.0 Å². The molecule has 0 bridgehead atoms. The maximum absolute atomic E-state index is 12.8. The zero-order valence-corrected chi connectivity index (χ0v) is 10.5. The standard InChI is InChI=1S/C10H8BrF3N2O2/c11-6-1-7(10(12,13)14)8(15-2-6)16-3-5(4-16)9(17)18/h1-2,5H,3-4H2,(H,17,18). The molecular weight excluding hydrogens is 317 g/mol. The van der Waals surface area contributed by atoms with E-state index < -0.39 is 23.6 Å². The number of hydrogen-bond donors (Lipinski definition) is 1. The lowest BCUT2D eigenvalue weighted by Gasteiger charge is -2.38. The molecule has 1 aromatic rings. The fourth-order valence-electron chi connectivity index (χ4n) is 1.70. The van der Waals surface area contributed by atoms with Gasteiger partial charge in [0.25, 0.3) is 0 Å². The van der Waals surface area contributed by atoms with Gasteiger partial charge in [0.05, 0.1) is 11.5 Å². The first-order chi connectivity index (χ1) is 8.29. The molecule has 1 fully saturated rings. The molecular formula is C10H8BrF3N2O2. The van der Waals surface area contributed by atoms with Gasteiger partial charge in [0.2, 0.25) is 0 Å². The maximum atomic E-state index is 12.8. The fourth-order valence-corrected chi connectivity index (χ4v) is 2.03. The van der Waals surface area contributed by atoms with Gasteiger partial charge in [-0.1, -0.05) is 0 Å². The van der Waals surface area contributed by atoms with Crippen molar-refractivity contribution in [3.63, 3.8) is 0 Å². The van der Waals surface area contributed by atoms with Crippen molar-refractivity contribution in [3.05, 3.63) is 22.3 Å². The highest BCUT2D eigenvalue weighted by atomic mass is 79.9. The van der Waals surface area contributed by atoms with Crippen LogP contribution in [0.2, 0.25) is 0 Å². The molecule has 0 spiro atoms. The Labute approximate surface area is 109 Å². The summed E-state index contributed by atoms with van der Waals surface area (Å²) in [6, 6.07) is 0.941. The number of aliphatic carboxylic acids is 1. The summed E-state index contributed by atoms with van der Waals surface area (Å²) in [5.74, 6) is -1.85. The average molecular weight is 325 g/mol. The van der Waals surface area contributed by atoms with E-state index in [1.54, 1.807) is 0 Å². The summed E-state index contributed by atoms with van der Waals surface area (Å²) in [7, 11) is 0. The summed E-state index contributed by atoms with van der Waals surface area (Å²) < 4.78 is 38.6. The Hall–Kier alpha value is -1.31. The Bertz CT molecular complexity index is 487. The van der Waals surface area contributed by atoms with E-state index in [1.807, 2.05) is 0 Å². The van der Waals surface area contributed by atoms with Crippen molar-refractivity contribution in [2.75, 3.05) is 18.0 Å². The first-order valence-electron chi connectivity index (χ1n) is 4.99. The van der Waals surface area contributed by atoms with E-state index in [-0.39, 0.29) is 23.4 Å². The number of halogens is 4. The summed E-state index contributed by atoms with van der Waals surface area (Å²) >= 11 is 2.94. The van der Waals surface area contributed by atoms with Crippen LogP contribution in [0.25, 0.3) is 0 Å². The van der Waals surface area contributed by atoms with E-state index >= 15 is 0 Å². The molecule has 1 N–H and O–H groups in total. The number of pyridine rings is 1. The highest BCUT2D eigenvalue weighted by molar-refractivity contribution is 9.10. The first kappa shape index (κ1) is 13.1. The third kappa shape index (κ3) is 2.43. The Morgan fingerprint density at radius 1 is 1.50 bits per heavy atom. The molecule has 8 heteroatoms. The molecule has 0 amide bonds. The number of alkyl halides is 3. The zero-order chi connectivity index (χ0) is 13.5. The van der Waals surface area contributed by atoms with E-state index in [2.05, 4.69) is 20.9 Å². The van der Waals surface area contributed by atoms with Crippen LogP contribution in [0.1, 0.15) is 5.56 Å². The van der Waals surface area contributed by atoms with Crippen LogP contribution in [-0.2, 0) is 11.0 Å². The van der Waals surface area contributed by atoms with Crippen LogP contribution in [0.5, 0.6) is 0 Å². The third-order valence-electron chi connectivity index (χ3n) is 2.67. The topological polar surface area (TPSA) is 53.4 Å². The molecule has 1 aliphatic heterocycles. The Balaban J connectivity index is 2.27. The minimum absolute atomic E-state index is 0.0487. The monoisotopic (exact) mass is 324 g/mol. The predicted octanol–water partition coefficient (Wildman–Crippen LogP) is 2.38. The van der Waals surface area contributed by atoms with Crippen LogP contribution in [0.3, 0.4) is 0 Å². The average Bonchev–Trinajstić information content (AvgIpc) is 2.15. The second-order valence-corrected chi connectivity index (χ2v) is 4.88. The van der Waals surface area contributed by atoms with Gasteiger partial charge in [0, 0.05) is 23.8 Å². The van der Waals surface area contributed by atoms with Gasteiger partial charge in [0.1, 0.15) is 5.82 Å². The Morgan fingerprint density at radius 2 is 2.11 bits per heavy atom. The van der Waals surface area contributed by atoms with Gasteiger partial charge in [-0.05, 0) is 22.0 Å². The predicted molar refractivity (Wildman–Crippen MR) is 60.3 cm³/mol. The third-order valence-corrected chi connectivity index (χ3v) is 3.10. The minimum Gasteiger partial charge on any atom is -0.481 e. The molecule has 4 nitrogen and oxygen atoms in total. The van der Waals surface area contributed by atoms with Crippen LogP contribution in [0.15, 0.2) is 16.7 Å². The molecule has 2 rings (SSSR count). The number of anilines is 1. The molecule has 2 heterocycles. The number of aromatic nitrogens is 1. The Kier molecular flexibility index (Phi) is 3.22. The van der Waals surface area contributed by atoms with E-state index in [1.165, 1.54) is 11.1 Å². The molecule has 0 radical (unpaired) electrons. The van der Waals surface area contributed by atoms with Crippen molar-refractivity contribution in [1.82, 2.24) is 4.98 Å². The van der Waals surface area contributed by atoms with Crippen molar-refractivity contribution < 1.29 is 23.1 Å². The molecule has 1 aliphatic rings. The number of nitrogens with zero attached hydrogens (tertiary/aromatic N) is 2. The van der Waals surface area contributed by atoms with Crippen molar-refractivity contribution >= 4 is 27.7 Å². The van der Waals surface area contributed by atoms with Crippen molar-refractivity contribution in [3.8, 4) is 0 Å². The summed E-state index contributed by atoms with van der Waals surface area (Å²) in [6.07, 6.45) is -3.25. The molecule has 0 saturated carbocycles. The number of carboxylic acids is 1. The van der Waals surface area contributed by atoms with Crippen LogP contribution in [0, 0.1) is 5.92 Å². The normalized spacial score (nSPS) is 16.6. The van der Waals surface area contributed by atoms with Crippen molar-refractivity contribution in [1.29, 1.82) is 0 Å². The van der Waals surface area contributed by atoms with Gasteiger partial charge in [-0.2, -0.15) is 13.2 Å². The number of rotatable bonds is 2. The van der Waals surface area contributed by atoms with E-state index in [4.69, 9.17) is 5.11 Å².